The van der Waals surface area contributed by atoms with E-state index >= 15 is 0 Å². The largest absolute Gasteiger partial charge is 0.326 e. The highest BCUT2D eigenvalue weighted by Gasteiger charge is 2.32. The molecule has 0 bridgehead atoms. The molecule has 2 aromatic rings. The van der Waals surface area contributed by atoms with Crippen molar-refractivity contribution in [3.05, 3.63) is 58.1 Å². The van der Waals surface area contributed by atoms with Crippen molar-refractivity contribution in [1.82, 2.24) is 4.31 Å². The molecule has 0 saturated carbocycles. The maximum atomic E-state index is 13.0. The zero-order valence-electron chi connectivity index (χ0n) is 16.4. The first-order chi connectivity index (χ1) is 13.9. The van der Waals surface area contributed by atoms with Gasteiger partial charge in [-0.1, -0.05) is 23.7 Å². The van der Waals surface area contributed by atoms with Crippen molar-refractivity contribution in [3.8, 4) is 0 Å². The Kier molecular flexibility index (Phi) is 5.69. The van der Waals surface area contributed by atoms with Crippen LogP contribution in [-0.4, -0.2) is 31.7 Å². The first kappa shape index (κ1) is 20.4. The number of piperidine rings is 1. The fourth-order valence-corrected chi connectivity index (χ4v) is 5.89. The summed E-state index contributed by atoms with van der Waals surface area (Å²) in [5, 5.41) is 3.55. The molecule has 0 radical (unpaired) electrons. The summed E-state index contributed by atoms with van der Waals surface area (Å²) < 4.78 is 27.6. The van der Waals surface area contributed by atoms with E-state index in [4.69, 9.17) is 11.6 Å². The third-order valence-electron chi connectivity index (χ3n) is 6.06. The van der Waals surface area contributed by atoms with E-state index in [1.807, 2.05) is 25.1 Å². The fraction of sp³-hybridized carbons (Fsp3) is 0.409. The van der Waals surface area contributed by atoms with Crippen LogP contribution >= 0.6 is 11.6 Å². The average Bonchev–Trinajstić information content (AvgIpc) is 3.19. The van der Waals surface area contributed by atoms with E-state index in [1.54, 1.807) is 18.2 Å². The summed E-state index contributed by atoms with van der Waals surface area (Å²) in [6, 6.07) is 10.9. The number of halogens is 1. The van der Waals surface area contributed by atoms with Crippen molar-refractivity contribution in [1.29, 1.82) is 0 Å². The minimum absolute atomic E-state index is 0.0788. The van der Waals surface area contributed by atoms with E-state index in [-0.39, 0.29) is 11.8 Å². The Labute approximate surface area is 177 Å². The Morgan fingerprint density at radius 2 is 1.83 bits per heavy atom. The number of fused-ring (bicyclic) bond motifs is 1. The highest BCUT2D eigenvalue weighted by Crippen LogP contribution is 2.29. The van der Waals surface area contributed by atoms with Crippen molar-refractivity contribution in [2.45, 2.75) is 43.9 Å². The molecule has 1 fully saturated rings. The minimum Gasteiger partial charge on any atom is -0.326 e. The monoisotopic (exact) mass is 432 g/mol. The normalized spacial score (nSPS) is 17.9. The molecule has 0 atom stereocenters. The molecule has 0 unspecified atom stereocenters. The van der Waals surface area contributed by atoms with Crippen LogP contribution in [0, 0.1) is 12.8 Å². The molecular weight excluding hydrogens is 408 g/mol. The highest BCUT2D eigenvalue weighted by molar-refractivity contribution is 7.89. The van der Waals surface area contributed by atoms with Crippen molar-refractivity contribution in [2.24, 2.45) is 5.92 Å². The van der Waals surface area contributed by atoms with Crippen LogP contribution in [0.5, 0.6) is 0 Å². The van der Waals surface area contributed by atoms with E-state index in [1.165, 1.54) is 9.87 Å². The van der Waals surface area contributed by atoms with Gasteiger partial charge in [-0.05, 0) is 80.0 Å². The van der Waals surface area contributed by atoms with Gasteiger partial charge >= 0.3 is 0 Å². The van der Waals surface area contributed by atoms with Gasteiger partial charge in [-0.3, -0.25) is 4.79 Å². The van der Waals surface area contributed by atoms with E-state index in [9.17, 15) is 13.2 Å². The number of nitrogens with zero attached hydrogens (tertiary/aromatic N) is 1. The zero-order valence-corrected chi connectivity index (χ0v) is 18.0. The van der Waals surface area contributed by atoms with Gasteiger partial charge in [0, 0.05) is 29.7 Å². The van der Waals surface area contributed by atoms with Crippen LogP contribution in [0.4, 0.5) is 5.69 Å². The van der Waals surface area contributed by atoms with Crippen LogP contribution in [0.3, 0.4) is 0 Å². The van der Waals surface area contributed by atoms with Crippen LogP contribution in [0.25, 0.3) is 0 Å². The molecular formula is C22H25ClN2O3S. The molecule has 1 heterocycles. The van der Waals surface area contributed by atoms with Crippen LogP contribution in [0.2, 0.25) is 5.02 Å². The molecule has 29 heavy (non-hydrogen) atoms. The number of nitrogens with one attached hydrogen (secondary N) is 1. The second kappa shape index (κ2) is 8.09. The third-order valence-corrected chi connectivity index (χ3v) is 8.36. The Morgan fingerprint density at radius 1 is 1.10 bits per heavy atom. The molecule has 1 aliphatic heterocycles. The number of carbonyl (C=O) groups is 1. The molecule has 4 rings (SSSR count). The summed E-state index contributed by atoms with van der Waals surface area (Å²) in [5.41, 5.74) is 3.95. The molecule has 1 aliphatic carbocycles. The molecule has 1 saturated heterocycles. The quantitative estimate of drug-likeness (QED) is 0.788. The van der Waals surface area contributed by atoms with Gasteiger partial charge < -0.3 is 5.32 Å². The van der Waals surface area contributed by atoms with Crippen molar-refractivity contribution >= 4 is 33.2 Å². The number of carbonyl (C=O) groups excluding carboxylic acids is 1. The number of rotatable bonds is 4. The van der Waals surface area contributed by atoms with Gasteiger partial charge in [-0.2, -0.15) is 4.31 Å². The highest BCUT2D eigenvalue weighted by atomic mass is 35.5. The van der Waals surface area contributed by atoms with Gasteiger partial charge in [-0.15, -0.1) is 0 Å². The van der Waals surface area contributed by atoms with E-state index < -0.39 is 10.0 Å². The molecule has 1 amide bonds. The smallest absolute Gasteiger partial charge is 0.243 e. The Morgan fingerprint density at radius 3 is 2.59 bits per heavy atom. The predicted octanol–water partition coefficient (Wildman–Crippen LogP) is 4.18. The lowest BCUT2D eigenvalue weighted by atomic mass is 9.97. The summed E-state index contributed by atoms with van der Waals surface area (Å²) in [7, 11) is -3.52. The Balaban J connectivity index is 1.41. The number of amides is 1. The second-order valence-electron chi connectivity index (χ2n) is 7.86. The molecule has 7 heteroatoms. The third kappa shape index (κ3) is 4.06. The van der Waals surface area contributed by atoms with Crippen molar-refractivity contribution in [3.63, 3.8) is 0 Å². The number of hydrogen-bond acceptors (Lipinski definition) is 3. The summed E-state index contributed by atoms with van der Waals surface area (Å²) >= 11 is 6.12. The lowest BCUT2D eigenvalue weighted by Crippen LogP contribution is -2.41. The molecule has 154 valence electrons. The summed E-state index contributed by atoms with van der Waals surface area (Å²) in [6.45, 7) is 2.57. The minimum atomic E-state index is -3.52. The van der Waals surface area contributed by atoms with E-state index in [0.717, 1.165) is 30.4 Å². The van der Waals surface area contributed by atoms with E-state index in [2.05, 4.69) is 5.32 Å². The number of hydrogen-bond donors (Lipinski definition) is 1. The summed E-state index contributed by atoms with van der Waals surface area (Å²) in [6.07, 6.45) is 4.09. The van der Waals surface area contributed by atoms with Gasteiger partial charge in [0.2, 0.25) is 15.9 Å². The summed E-state index contributed by atoms with van der Waals surface area (Å²) in [5.74, 6) is -0.287. The number of anilines is 1. The van der Waals surface area contributed by atoms with Gasteiger partial charge in [0.25, 0.3) is 0 Å². The first-order valence-electron chi connectivity index (χ1n) is 10.0. The second-order valence-corrected chi connectivity index (χ2v) is 10.2. The lowest BCUT2D eigenvalue weighted by molar-refractivity contribution is -0.120. The number of benzene rings is 2. The van der Waals surface area contributed by atoms with Gasteiger partial charge in [-0.25, -0.2) is 8.42 Å². The van der Waals surface area contributed by atoms with Gasteiger partial charge in [0.1, 0.15) is 0 Å². The number of sulfonamides is 1. The molecule has 2 aromatic carbocycles. The standard InChI is InChI=1S/C22H25ClN2O3S/c1-15-20(23)6-3-7-21(15)24-22(26)17-10-12-25(13-11-17)29(27,28)19-9-8-16-4-2-5-18(16)14-19/h3,6-9,14,17H,2,4-5,10-13H2,1H3,(H,24,26). The van der Waals surface area contributed by atoms with Crippen LogP contribution in [0.15, 0.2) is 41.3 Å². The maximum Gasteiger partial charge on any atom is 0.243 e. The number of aryl methyl sites for hydroxylation is 2. The average molecular weight is 433 g/mol. The maximum absolute atomic E-state index is 13.0. The SMILES string of the molecule is Cc1c(Cl)cccc1NC(=O)C1CCN(S(=O)(=O)c2ccc3c(c2)CCC3)CC1. The Hall–Kier alpha value is -1.89. The topological polar surface area (TPSA) is 66.5 Å². The van der Waals surface area contributed by atoms with Crippen LogP contribution in [-0.2, 0) is 27.7 Å². The first-order valence-corrected chi connectivity index (χ1v) is 11.9. The molecule has 1 N–H and O–H groups in total. The van der Waals surface area contributed by atoms with Crippen LogP contribution in [0.1, 0.15) is 36.0 Å². The summed E-state index contributed by atoms with van der Waals surface area (Å²) in [4.78, 5) is 13.0. The molecule has 0 aromatic heterocycles. The lowest BCUT2D eigenvalue weighted by Gasteiger charge is -2.30. The molecule has 2 aliphatic rings. The van der Waals surface area contributed by atoms with Gasteiger partial charge in [0.15, 0.2) is 0 Å². The van der Waals surface area contributed by atoms with Crippen molar-refractivity contribution < 1.29 is 13.2 Å². The predicted molar refractivity (Wildman–Crippen MR) is 115 cm³/mol. The molecule has 5 nitrogen and oxygen atoms in total. The fourth-order valence-electron chi connectivity index (χ4n) is 4.19. The van der Waals surface area contributed by atoms with Crippen molar-refractivity contribution in [2.75, 3.05) is 18.4 Å². The van der Waals surface area contributed by atoms with Gasteiger partial charge in [0.05, 0.1) is 4.90 Å². The molecule has 0 spiro atoms. The van der Waals surface area contributed by atoms with E-state index in [0.29, 0.717) is 41.5 Å². The zero-order chi connectivity index (χ0) is 20.6. The van der Waals surface area contributed by atoms with Crippen LogP contribution < -0.4 is 5.32 Å². The Bertz CT molecular complexity index is 1040.